The number of rotatable bonds is 4. The smallest absolute Gasteiger partial charge is 0.0977 e. The second-order valence-electron chi connectivity index (χ2n) is 6.23. The van der Waals surface area contributed by atoms with Gasteiger partial charge in [-0.3, -0.25) is 0 Å². The minimum atomic E-state index is 0.130. The first-order valence-electron chi connectivity index (χ1n) is 7.65. The molecule has 23 heavy (non-hydrogen) atoms. The van der Waals surface area contributed by atoms with E-state index in [1.807, 2.05) is 6.07 Å². The Balaban J connectivity index is 2.15. The van der Waals surface area contributed by atoms with E-state index in [1.54, 1.807) is 23.5 Å². The fourth-order valence-electron chi connectivity index (χ4n) is 1.82. The van der Waals surface area contributed by atoms with Gasteiger partial charge in [-0.05, 0) is 42.7 Å². The van der Waals surface area contributed by atoms with Crippen LogP contribution in [0.5, 0.6) is 0 Å². The molecule has 2 aromatic carbocycles. The summed E-state index contributed by atoms with van der Waals surface area (Å²) in [5, 5.41) is 3.14. The summed E-state index contributed by atoms with van der Waals surface area (Å²) in [5.41, 5.74) is 2.25. The Morgan fingerprint density at radius 1 is 0.957 bits per heavy atom. The molecular formula is C20H23NS2. The maximum absolute atomic E-state index is 4.80. The highest BCUT2D eigenvalue weighted by atomic mass is 32.2. The molecule has 0 unspecified atom stereocenters. The molecule has 0 aliphatic rings. The van der Waals surface area contributed by atoms with E-state index in [2.05, 4.69) is 87.7 Å². The molecule has 0 saturated carbocycles. The van der Waals surface area contributed by atoms with Crippen LogP contribution in [0, 0.1) is 6.92 Å². The minimum Gasteiger partial charge on any atom is -0.242 e. The number of nitrogens with zero attached hydrogens (tertiary/aromatic N) is 1. The summed E-state index contributed by atoms with van der Waals surface area (Å²) in [6, 6.07) is 18.7. The summed E-state index contributed by atoms with van der Waals surface area (Å²) >= 11 is 3.50. The van der Waals surface area contributed by atoms with Crippen LogP contribution in [0.2, 0.25) is 0 Å². The molecule has 0 fully saturated rings. The monoisotopic (exact) mass is 341 g/mol. The molecule has 0 saturated heterocycles. The van der Waals surface area contributed by atoms with Crippen molar-refractivity contribution in [2.24, 2.45) is 4.99 Å². The van der Waals surface area contributed by atoms with Crippen LogP contribution in [-0.2, 0) is 0 Å². The molecular weight excluding hydrogens is 318 g/mol. The molecule has 0 heterocycles. The highest BCUT2D eigenvalue weighted by molar-refractivity contribution is 8.15. The number of aryl methyl sites for hydroxylation is 1. The number of hydrogen-bond donors (Lipinski definition) is 0. The van der Waals surface area contributed by atoms with Gasteiger partial charge in [-0.15, -0.1) is 11.8 Å². The average molecular weight is 342 g/mol. The predicted octanol–water partition coefficient (Wildman–Crippen LogP) is 6.86. The van der Waals surface area contributed by atoms with Crippen molar-refractivity contribution in [3.05, 3.63) is 71.6 Å². The largest absolute Gasteiger partial charge is 0.242 e. The predicted molar refractivity (Wildman–Crippen MR) is 107 cm³/mol. The number of benzene rings is 2. The topological polar surface area (TPSA) is 12.4 Å². The lowest BCUT2D eigenvalue weighted by atomic mass is 10.2. The van der Waals surface area contributed by atoms with Gasteiger partial charge in [0.05, 0.1) is 10.7 Å². The van der Waals surface area contributed by atoms with Gasteiger partial charge >= 0.3 is 0 Å². The van der Waals surface area contributed by atoms with Gasteiger partial charge < -0.3 is 0 Å². The molecule has 0 radical (unpaired) electrons. The molecule has 1 nitrogen and oxygen atoms in total. The van der Waals surface area contributed by atoms with E-state index in [1.165, 1.54) is 10.5 Å². The molecule has 120 valence electrons. The first kappa shape index (κ1) is 17.9. The zero-order valence-corrected chi connectivity index (χ0v) is 15.7. The summed E-state index contributed by atoms with van der Waals surface area (Å²) < 4.78 is 0.130. The van der Waals surface area contributed by atoms with Gasteiger partial charge in [0, 0.05) is 9.64 Å². The van der Waals surface area contributed by atoms with Crippen molar-refractivity contribution in [1.29, 1.82) is 0 Å². The molecule has 0 atom stereocenters. The standard InChI is InChI=1S/C20H23NS2/c1-16-10-12-17(13-11-16)21-19(23-20(2,3)4)14-15-22-18-8-6-5-7-9-18/h5-15H,1-4H3. The van der Waals surface area contributed by atoms with Gasteiger partial charge in [-0.25, -0.2) is 4.99 Å². The molecule has 0 aromatic heterocycles. The Kier molecular flexibility index (Phi) is 6.55. The van der Waals surface area contributed by atoms with Gasteiger partial charge in [0.1, 0.15) is 0 Å². The Morgan fingerprint density at radius 2 is 1.61 bits per heavy atom. The second kappa shape index (κ2) is 8.42. The Hall–Kier alpha value is -1.45. The van der Waals surface area contributed by atoms with Gasteiger partial charge in [-0.1, -0.05) is 68.4 Å². The third-order valence-corrected chi connectivity index (χ3v) is 4.71. The first-order valence-corrected chi connectivity index (χ1v) is 9.35. The zero-order valence-electron chi connectivity index (χ0n) is 14.1. The summed E-state index contributed by atoms with van der Waals surface area (Å²) in [6.45, 7) is 8.72. The van der Waals surface area contributed by atoms with E-state index in [0.717, 1.165) is 10.7 Å². The lowest BCUT2D eigenvalue weighted by molar-refractivity contribution is 0.809. The van der Waals surface area contributed by atoms with Crippen molar-refractivity contribution in [3.63, 3.8) is 0 Å². The van der Waals surface area contributed by atoms with Crippen LogP contribution in [0.4, 0.5) is 5.69 Å². The summed E-state index contributed by atoms with van der Waals surface area (Å²) in [5.74, 6) is 0. The van der Waals surface area contributed by atoms with E-state index in [0.29, 0.717) is 0 Å². The van der Waals surface area contributed by atoms with E-state index in [9.17, 15) is 0 Å². The molecule has 0 amide bonds. The van der Waals surface area contributed by atoms with Crippen LogP contribution in [-0.4, -0.2) is 9.79 Å². The summed E-state index contributed by atoms with van der Waals surface area (Å²) in [7, 11) is 0. The van der Waals surface area contributed by atoms with Crippen molar-refractivity contribution in [2.45, 2.75) is 37.3 Å². The van der Waals surface area contributed by atoms with Crippen LogP contribution >= 0.6 is 23.5 Å². The molecule has 0 bridgehead atoms. The van der Waals surface area contributed by atoms with Crippen molar-refractivity contribution in [2.75, 3.05) is 0 Å². The molecule has 0 aliphatic heterocycles. The number of hydrogen-bond acceptors (Lipinski definition) is 3. The van der Waals surface area contributed by atoms with E-state index in [4.69, 9.17) is 4.99 Å². The SMILES string of the molecule is Cc1ccc(N=C(C=CSc2ccccc2)SC(C)(C)C)cc1. The van der Waals surface area contributed by atoms with Crippen molar-refractivity contribution in [3.8, 4) is 0 Å². The molecule has 3 heteroatoms. The quantitative estimate of drug-likeness (QED) is 0.342. The summed E-state index contributed by atoms with van der Waals surface area (Å²) in [6.07, 6.45) is 2.10. The fraction of sp³-hybridized carbons (Fsp3) is 0.250. The second-order valence-corrected chi connectivity index (χ2v) is 9.06. The molecule has 2 aromatic rings. The minimum absolute atomic E-state index is 0.130. The lowest BCUT2D eigenvalue weighted by Gasteiger charge is -2.17. The van der Waals surface area contributed by atoms with Gasteiger partial charge in [0.15, 0.2) is 0 Å². The van der Waals surface area contributed by atoms with E-state index < -0.39 is 0 Å². The third-order valence-electron chi connectivity index (χ3n) is 2.84. The van der Waals surface area contributed by atoms with Crippen LogP contribution in [0.15, 0.2) is 76.0 Å². The average Bonchev–Trinajstić information content (AvgIpc) is 2.49. The van der Waals surface area contributed by atoms with Gasteiger partial charge in [0.2, 0.25) is 0 Å². The zero-order chi connectivity index (χ0) is 16.7. The Bertz CT molecular complexity index is 665. The lowest BCUT2D eigenvalue weighted by Crippen LogP contribution is -2.10. The normalized spacial score (nSPS) is 12.8. The Morgan fingerprint density at radius 3 is 2.22 bits per heavy atom. The van der Waals surface area contributed by atoms with E-state index in [-0.39, 0.29) is 4.75 Å². The van der Waals surface area contributed by atoms with Gasteiger partial charge in [0.25, 0.3) is 0 Å². The van der Waals surface area contributed by atoms with Crippen molar-refractivity contribution in [1.82, 2.24) is 0 Å². The highest BCUT2D eigenvalue weighted by Crippen LogP contribution is 2.28. The third kappa shape index (κ3) is 7.10. The van der Waals surface area contributed by atoms with Crippen LogP contribution in [0.3, 0.4) is 0 Å². The number of thioether (sulfide) groups is 2. The van der Waals surface area contributed by atoms with E-state index >= 15 is 0 Å². The fourth-order valence-corrected chi connectivity index (χ4v) is 3.49. The number of aliphatic imine (C=N–C) groups is 1. The van der Waals surface area contributed by atoms with Gasteiger partial charge in [-0.2, -0.15) is 0 Å². The Labute approximate surface area is 148 Å². The van der Waals surface area contributed by atoms with Crippen LogP contribution in [0.1, 0.15) is 26.3 Å². The van der Waals surface area contributed by atoms with Crippen molar-refractivity contribution < 1.29 is 0 Å². The van der Waals surface area contributed by atoms with Crippen LogP contribution < -0.4 is 0 Å². The first-order chi connectivity index (χ1) is 10.9. The van der Waals surface area contributed by atoms with Crippen LogP contribution in [0.25, 0.3) is 0 Å². The maximum atomic E-state index is 4.80. The highest BCUT2D eigenvalue weighted by Gasteiger charge is 2.13. The van der Waals surface area contributed by atoms with Crippen molar-refractivity contribution >= 4 is 34.3 Å². The summed E-state index contributed by atoms with van der Waals surface area (Å²) in [4.78, 5) is 6.03. The molecule has 0 aliphatic carbocycles. The molecule has 2 rings (SSSR count). The molecule has 0 spiro atoms. The molecule has 0 N–H and O–H groups in total. The maximum Gasteiger partial charge on any atom is 0.0977 e.